The summed E-state index contributed by atoms with van der Waals surface area (Å²) in [4.78, 5) is 45.4. The minimum Gasteiger partial charge on any atom is -0.463 e. The molecule has 0 spiro atoms. The number of hydrogen-bond donors (Lipinski definition) is 2. The molecule has 0 aliphatic rings. The highest BCUT2D eigenvalue weighted by molar-refractivity contribution is 5.87. The maximum atomic E-state index is 11.5. The van der Waals surface area contributed by atoms with Crippen molar-refractivity contribution in [1.29, 1.82) is 0 Å². The Morgan fingerprint density at radius 2 is 1.00 bits per heavy atom. The number of hydrogen-bond acceptors (Lipinski definition) is 10. The summed E-state index contributed by atoms with van der Waals surface area (Å²) in [5, 5.41) is 19.1. The van der Waals surface area contributed by atoms with Crippen molar-refractivity contribution in [2.24, 2.45) is 0 Å². The minimum absolute atomic E-state index is 0.148. The van der Waals surface area contributed by atoms with E-state index < -0.39 is 36.1 Å². The molecule has 0 aliphatic heterocycles. The van der Waals surface area contributed by atoms with Gasteiger partial charge in [-0.2, -0.15) is 0 Å². The summed E-state index contributed by atoms with van der Waals surface area (Å²) in [5.41, 5.74) is 0.368. The molecular weight excluding hydrogens is 400 g/mol. The zero-order chi connectivity index (χ0) is 23.1. The van der Waals surface area contributed by atoms with Crippen molar-refractivity contribution < 1.29 is 48.3 Å². The van der Waals surface area contributed by atoms with Crippen LogP contribution in [0.4, 0.5) is 0 Å². The molecule has 168 valence electrons. The van der Waals surface area contributed by atoms with Crippen molar-refractivity contribution in [3.05, 3.63) is 36.5 Å². The molecule has 0 aromatic rings. The van der Waals surface area contributed by atoms with Gasteiger partial charge in [0.05, 0.1) is 12.8 Å². The van der Waals surface area contributed by atoms with Gasteiger partial charge < -0.3 is 29.2 Å². The highest BCUT2D eigenvalue weighted by Gasteiger charge is 2.13. The minimum atomic E-state index is -1.17. The van der Waals surface area contributed by atoms with Crippen LogP contribution in [0.1, 0.15) is 26.7 Å². The number of rotatable bonds is 14. The van der Waals surface area contributed by atoms with E-state index >= 15 is 0 Å². The molecule has 2 unspecified atom stereocenters. The van der Waals surface area contributed by atoms with E-state index in [9.17, 15) is 29.4 Å². The number of aliphatic hydroxyl groups is 2. The zero-order valence-corrected chi connectivity index (χ0v) is 17.1. The van der Waals surface area contributed by atoms with Crippen LogP contribution in [0.5, 0.6) is 0 Å². The first-order chi connectivity index (χ1) is 14.0. The summed E-state index contributed by atoms with van der Waals surface area (Å²) >= 11 is 0. The molecule has 0 saturated heterocycles. The van der Waals surface area contributed by atoms with Crippen LogP contribution in [0.25, 0.3) is 0 Å². The fraction of sp³-hybridized carbons (Fsp3) is 0.500. The van der Waals surface area contributed by atoms with Gasteiger partial charge >= 0.3 is 23.9 Å². The SMILES string of the molecule is C=C(C)C(=O)OCC(O)COC(=O)C/C=C/CC(=O)OCC(O)COC(=O)C(=C)C. The molecule has 10 nitrogen and oxygen atoms in total. The first kappa shape index (κ1) is 27.0. The Balaban J connectivity index is 3.91. The summed E-state index contributed by atoms with van der Waals surface area (Å²) in [6.07, 6.45) is 0.120. The van der Waals surface area contributed by atoms with Gasteiger partial charge in [0.2, 0.25) is 0 Å². The number of esters is 4. The van der Waals surface area contributed by atoms with E-state index in [0.29, 0.717) is 0 Å². The van der Waals surface area contributed by atoms with Crippen LogP contribution in [-0.4, -0.2) is 72.7 Å². The quantitative estimate of drug-likeness (QED) is 0.172. The number of carbonyl (C=O) groups is 4. The van der Waals surface area contributed by atoms with Crippen LogP contribution >= 0.6 is 0 Å². The molecule has 0 aliphatic carbocycles. The van der Waals surface area contributed by atoms with Crippen LogP contribution in [0.15, 0.2) is 36.5 Å². The topological polar surface area (TPSA) is 146 Å². The average molecular weight is 428 g/mol. The monoisotopic (exact) mass is 428 g/mol. The summed E-state index contributed by atoms with van der Waals surface area (Å²) in [7, 11) is 0. The second-order valence-corrected chi connectivity index (χ2v) is 6.31. The Hall–Kier alpha value is -2.98. The summed E-state index contributed by atoms with van der Waals surface area (Å²) < 4.78 is 19.0. The van der Waals surface area contributed by atoms with Crippen LogP contribution in [-0.2, 0) is 38.1 Å². The van der Waals surface area contributed by atoms with E-state index in [2.05, 4.69) is 13.2 Å². The van der Waals surface area contributed by atoms with Gasteiger partial charge in [0.15, 0.2) is 0 Å². The third kappa shape index (κ3) is 14.1. The molecule has 0 rings (SSSR count). The van der Waals surface area contributed by atoms with Crippen molar-refractivity contribution in [1.82, 2.24) is 0 Å². The summed E-state index contributed by atoms with van der Waals surface area (Å²) in [5.74, 6) is -2.62. The first-order valence-corrected chi connectivity index (χ1v) is 9.00. The molecule has 30 heavy (non-hydrogen) atoms. The van der Waals surface area contributed by atoms with Gasteiger partial charge in [-0.15, -0.1) is 0 Å². The molecule has 0 aromatic carbocycles. The predicted molar refractivity (Wildman–Crippen MR) is 104 cm³/mol. The van der Waals surface area contributed by atoms with Crippen LogP contribution in [0.3, 0.4) is 0 Å². The van der Waals surface area contributed by atoms with Crippen molar-refractivity contribution in [3.8, 4) is 0 Å². The predicted octanol–water partition coefficient (Wildman–Crippen LogP) is 0.370. The molecule has 0 radical (unpaired) electrons. The molecule has 0 saturated carbocycles. The zero-order valence-electron chi connectivity index (χ0n) is 17.1. The lowest BCUT2D eigenvalue weighted by molar-refractivity contribution is -0.151. The molecular formula is C20H28O10. The van der Waals surface area contributed by atoms with Crippen molar-refractivity contribution >= 4 is 23.9 Å². The fourth-order valence-corrected chi connectivity index (χ4v) is 1.54. The van der Waals surface area contributed by atoms with Crippen LogP contribution < -0.4 is 0 Å². The van der Waals surface area contributed by atoms with E-state index in [1.54, 1.807) is 0 Å². The Labute approximate surface area is 174 Å². The van der Waals surface area contributed by atoms with Gasteiger partial charge in [0, 0.05) is 11.1 Å². The fourth-order valence-electron chi connectivity index (χ4n) is 1.54. The lowest BCUT2D eigenvalue weighted by Crippen LogP contribution is -2.25. The van der Waals surface area contributed by atoms with Crippen molar-refractivity contribution in [3.63, 3.8) is 0 Å². The molecule has 0 bridgehead atoms. The van der Waals surface area contributed by atoms with E-state index in [-0.39, 0.29) is 50.4 Å². The van der Waals surface area contributed by atoms with Gasteiger partial charge in [-0.25, -0.2) is 9.59 Å². The molecule has 0 fully saturated rings. The lowest BCUT2D eigenvalue weighted by Gasteiger charge is -2.11. The average Bonchev–Trinajstić information content (AvgIpc) is 2.69. The van der Waals surface area contributed by atoms with E-state index in [1.807, 2.05) is 0 Å². The van der Waals surface area contributed by atoms with Gasteiger partial charge in [0.25, 0.3) is 0 Å². The third-order valence-corrected chi connectivity index (χ3v) is 3.12. The van der Waals surface area contributed by atoms with Crippen molar-refractivity contribution in [2.75, 3.05) is 26.4 Å². The van der Waals surface area contributed by atoms with Gasteiger partial charge in [-0.05, 0) is 13.8 Å². The largest absolute Gasteiger partial charge is 0.463 e. The highest BCUT2D eigenvalue weighted by Crippen LogP contribution is 1.99. The normalized spacial score (nSPS) is 12.5. The summed E-state index contributed by atoms with van der Waals surface area (Å²) in [6, 6.07) is 0. The van der Waals surface area contributed by atoms with Crippen molar-refractivity contribution in [2.45, 2.75) is 38.9 Å². The molecule has 10 heteroatoms. The Bertz CT molecular complexity index is 608. The molecule has 0 aromatic heterocycles. The number of carbonyl (C=O) groups excluding carboxylic acids is 4. The maximum Gasteiger partial charge on any atom is 0.333 e. The molecule has 0 amide bonds. The van der Waals surface area contributed by atoms with E-state index in [4.69, 9.17) is 18.9 Å². The standard InChI is InChI=1S/C20H28O10/c1-13(2)19(25)29-11-15(21)9-27-17(23)7-5-6-8-18(24)28-10-16(22)12-30-20(26)14(3)4/h5-6,15-16,21-22H,1,3,7-12H2,2,4H3/b6-5+. The Morgan fingerprint density at radius 3 is 1.30 bits per heavy atom. The number of aliphatic hydroxyl groups excluding tert-OH is 2. The second kappa shape index (κ2) is 14.9. The highest BCUT2D eigenvalue weighted by atomic mass is 16.6. The first-order valence-electron chi connectivity index (χ1n) is 9.00. The summed E-state index contributed by atoms with van der Waals surface area (Å²) in [6.45, 7) is 8.31. The molecule has 0 heterocycles. The third-order valence-electron chi connectivity index (χ3n) is 3.12. The van der Waals surface area contributed by atoms with E-state index in [1.165, 1.54) is 26.0 Å². The second-order valence-electron chi connectivity index (χ2n) is 6.31. The molecule has 2 N–H and O–H groups in total. The molecule has 2 atom stereocenters. The van der Waals surface area contributed by atoms with Gasteiger partial charge in [0.1, 0.15) is 38.6 Å². The van der Waals surface area contributed by atoms with Gasteiger partial charge in [-0.3, -0.25) is 9.59 Å². The van der Waals surface area contributed by atoms with E-state index in [0.717, 1.165) is 0 Å². The Kier molecular flexibility index (Phi) is 13.5. The maximum absolute atomic E-state index is 11.5. The smallest absolute Gasteiger partial charge is 0.333 e. The van der Waals surface area contributed by atoms with Crippen LogP contribution in [0.2, 0.25) is 0 Å². The number of ether oxygens (including phenoxy) is 4. The van der Waals surface area contributed by atoms with Crippen LogP contribution in [0, 0.1) is 0 Å². The van der Waals surface area contributed by atoms with Gasteiger partial charge in [-0.1, -0.05) is 25.3 Å². The Morgan fingerprint density at radius 1 is 0.700 bits per heavy atom. The lowest BCUT2D eigenvalue weighted by atomic mass is 10.3.